The highest BCUT2D eigenvalue weighted by molar-refractivity contribution is 5.85. The van der Waals surface area contributed by atoms with Crippen LogP contribution in [0.3, 0.4) is 0 Å². The second kappa shape index (κ2) is 5.65. The van der Waals surface area contributed by atoms with E-state index in [4.69, 9.17) is 0 Å². The van der Waals surface area contributed by atoms with Gasteiger partial charge in [-0.15, -0.1) is 0 Å². The molecule has 2 rings (SSSR count). The van der Waals surface area contributed by atoms with E-state index in [1.54, 1.807) is 13.8 Å². The zero-order chi connectivity index (χ0) is 18.5. The monoisotopic (exact) mass is 354 g/mol. The molecule has 0 radical (unpaired) electrons. The molecule has 0 bridgehead atoms. The van der Waals surface area contributed by atoms with E-state index in [1.165, 1.54) is 11.9 Å². The van der Waals surface area contributed by atoms with Crippen LogP contribution in [0.4, 0.5) is 26.3 Å². The van der Waals surface area contributed by atoms with Crippen LogP contribution in [0.1, 0.15) is 30.5 Å². The Morgan fingerprint density at radius 2 is 1.50 bits per heavy atom. The van der Waals surface area contributed by atoms with Gasteiger partial charge in [-0.2, -0.15) is 26.3 Å². The lowest BCUT2D eigenvalue weighted by Gasteiger charge is -2.27. The Balaban J connectivity index is 2.39. The van der Waals surface area contributed by atoms with Gasteiger partial charge in [0.2, 0.25) is 5.91 Å². The minimum Gasteiger partial charge on any atom is -0.327 e. The molecule has 1 aromatic carbocycles. The Kier molecular flexibility index (Phi) is 4.37. The molecule has 0 aliphatic carbocycles. The first-order chi connectivity index (χ1) is 10.7. The summed E-state index contributed by atoms with van der Waals surface area (Å²) in [5, 5.41) is 2.91. The van der Waals surface area contributed by atoms with E-state index in [0.717, 1.165) is 0 Å². The van der Waals surface area contributed by atoms with Gasteiger partial charge in [0.25, 0.3) is 0 Å². The molecule has 1 heterocycles. The first-order valence-corrected chi connectivity index (χ1v) is 7.05. The average molecular weight is 354 g/mol. The maximum atomic E-state index is 12.9. The maximum absolute atomic E-state index is 12.9. The van der Waals surface area contributed by atoms with Gasteiger partial charge in [-0.25, -0.2) is 0 Å². The highest BCUT2D eigenvalue weighted by Crippen LogP contribution is 2.36. The standard InChI is InChI=1S/C15H16F6N2O/c1-13(2)22-11(12(24)23(13)3)6-8-4-9(14(16,17)18)7-10(5-8)15(19,20)21/h4-5,7,11,22H,6H2,1-3H3/t11-/m0/s1. The number of amides is 1. The summed E-state index contributed by atoms with van der Waals surface area (Å²) >= 11 is 0. The summed E-state index contributed by atoms with van der Waals surface area (Å²) in [6.07, 6.45) is -10.1. The van der Waals surface area contributed by atoms with Crippen molar-refractivity contribution in [3.63, 3.8) is 0 Å². The van der Waals surface area contributed by atoms with Crippen molar-refractivity contribution in [2.24, 2.45) is 0 Å². The lowest BCUT2D eigenvalue weighted by atomic mass is 9.99. The van der Waals surface area contributed by atoms with Crippen LogP contribution in [0, 0.1) is 0 Å². The van der Waals surface area contributed by atoms with Gasteiger partial charge in [-0.05, 0) is 44.0 Å². The number of nitrogens with one attached hydrogen (secondary N) is 1. The van der Waals surface area contributed by atoms with E-state index in [9.17, 15) is 31.1 Å². The fourth-order valence-electron chi connectivity index (χ4n) is 2.61. The van der Waals surface area contributed by atoms with Crippen molar-refractivity contribution in [3.8, 4) is 0 Å². The molecule has 1 saturated heterocycles. The smallest absolute Gasteiger partial charge is 0.327 e. The molecule has 134 valence electrons. The molecule has 1 aliphatic rings. The van der Waals surface area contributed by atoms with E-state index < -0.39 is 35.2 Å². The van der Waals surface area contributed by atoms with E-state index >= 15 is 0 Å². The van der Waals surface area contributed by atoms with Crippen LogP contribution >= 0.6 is 0 Å². The van der Waals surface area contributed by atoms with Crippen LogP contribution in [0.25, 0.3) is 0 Å². The number of alkyl halides is 6. The largest absolute Gasteiger partial charge is 0.416 e. The van der Waals surface area contributed by atoms with Gasteiger partial charge in [0.1, 0.15) is 0 Å². The quantitative estimate of drug-likeness (QED) is 0.826. The van der Waals surface area contributed by atoms with Gasteiger partial charge in [-0.1, -0.05) is 0 Å². The lowest BCUT2D eigenvalue weighted by molar-refractivity contribution is -0.143. The van der Waals surface area contributed by atoms with Crippen LogP contribution in [0.2, 0.25) is 0 Å². The van der Waals surface area contributed by atoms with Crippen molar-refractivity contribution in [2.45, 2.75) is 44.3 Å². The number of rotatable bonds is 2. The number of benzene rings is 1. The third kappa shape index (κ3) is 3.66. The first kappa shape index (κ1) is 18.6. The molecule has 3 nitrogen and oxygen atoms in total. The SMILES string of the molecule is CN1C(=O)[C@H](Cc2cc(C(F)(F)F)cc(C(F)(F)F)c2)NC1(C)C. The van der Waals surface area contributed by atoms with Crippen molar-refractivity contribution >= 4 is 5.91 Å². The van der Waals surface area contributed by atoms with Crippen LogP contribution in [0.5, 0.6) is 0 Å². The van der Waals surface area contributed by atoms with Gasteiger partial charge >= 0.3 is 12.4 Å². The van der Waals surface area contributed by atoms with E-state index in [-0.39, 0.29) is 24.0 Å². The van der Waals surface area contributed by atoms with E-state index in [0.29, 0.717) is 12.1 Å². The second-order valence-electron chi connectivity index (χ2n) is 6.27. The molecule has 0 saturated carbocycles. The summed E-state index contributed by atoms with van der Waals surface area (Å²) in [7, 11) is 1.52. The maximum Gasteiger partial charge on any atom is 0.416 e. The third-order valence-electron chi connectivity index (χ3n) is 4.08. The molecule has 1 aliphatic heterocycles. The topological polar surface area (TPSA) is 32.3 Å². The predicted molar refractivity (Wildman–Crippen MR) is 73.9 cm³/mol. The van der Waals surface area contributed by atoms with Crippen molar-refractivity contribution in [1.29, 1.82) is 0 Å². The highest BCUT2D eigenvalue weighted by Gasteiger charge is 2.42. The van der Waals surface area contributed by atoms with Crippen molar-refractivity contribution < 1.29 is 31.1 Å². The van der Waals surface area contributed by atoms with Gasteiger partial charge in [-0.3, -0.25) is 10.1 Å². The minimum atomic E-state index is -4.90. The normalized spacial score (nSPS) is 21.5. The van der Waals surface area contributed by atoms with Crippen LogP contribution in [0.15, 0.2) is 18.2 Å². The second-order valence-corrected chi connectivity index (χ2v) is 6.27. The number of carbonyl (C=O) groups is 1. The number of carbonyl (C=O) groups excluding carboxylic acids is 1. The molecule has 1 fully saturated rings. The average Bonchev–Trinajstić information content (AvgIpc) is 2.60. The van der Waals surface area contributed by atoms with Crippen molar-refractivity contribution in [2.75, 3.05) is 7.05 Å². The van der Waals surface area contributed by atoms with E-state index in [1.807, 2.05) is 0 Å². The van der Waals surface area contributed by atoms with Crippen molar-refractivity contribution in [3.05, 3.63) is 34.9 Å². The minimum absolute atomic E-state index is 0.0729. The fourth-order valence-corrected chi connectivity index (χ4v) is 2.61. The zero-order valence-electron chi connectivity index (χ0n) is 13.1. The molecule has 1 atom stereocenters. The zero-order valence-corrected chi connectivity index (χ0v) is 13.1. The molecule has 0 unspecified atom stereocenters. The van der Waals surface area contributed by atoms with Gasteiger partial charge in [0.15, 0.2) is 0 Å². The molecule has 1 aromatic rings. The molecule has 0 aromatic heterocycles. The molecule has 1 N–H and O–H groups in total. The predicted octanol–water partition coefficient (Wildman–Crippen LogP) is 3.43. The molecule has 1 amide bonds. The number of likely N-dealkylation sites (N-methyl/N-ethyl adjacent to an activating group) is 1. The molecular weight excluding hydrogens is 338 g/mol. The van der Waals surface area contributed by atoms with E-state index in [2.05, 4.69) is 5.32 Å². The van der Waals surface area contributed by atoms with Gasteiger partial charge in [0.05, 0.1) is 22.8 Å². The highest BCUT2D eigenvalue weighted by atomic mass is 19.4. The number of nitrogens with zero attached hydrogens (tertiary/aromatic N) is 1. The summed E-state index contributed by atoms with van der Waals surface area (Å²) in [5.74, 6) is -0.383. The summed E-state index contributed by atoms with van der Waals surface area (Å²) in [4.78, 5) is 13.5. The Bertz CT molecular complexity index is 618. The summed E-state index contributed by atoms with van der Waals surface area (Å²) in [6, 6.07) is 0.490. The van der Waals surface area contributed by atoms with Gasteiger partial charge < -0.3 is 4.90 Å². The number of hydrogen-bond donors (Lipinski definition) is 1. The first-order valence-electron chi connectivity index (χ1n) is 7.05. The molecule has 0 spiro atoms. The Morgan fingerprint density at radius 1 is 1.04 bits per heavy atom. The van der Waals surface area contributed by atoms with Crippen molar-refractivity contribution in [1.82, 2.24) is 10.2 Å². The lowest BCUT2D eigenvalue weighted by Crippen LogP contribution is -2.45. The summed E-state index contributed by atoms with van der Waals surface area (Å²) in [6.45, 7) is 3.39. The summed E-state index contributed by atoms with van der Waals surface area (Å²) < 4.78 is 77.1. The van der Waals surface area contributed by atoms with Gasteiger partial charge in [0, 0.05) is 7.05 Å². The Hall–Kier alpha value is -1.77. The molecule has 24 heavy (non-hydrogen) atoms. The fraction of sp³-hybridized carbons (Fsp3) is 0.533. The summed E-state index contributed by atoms with van der Waals surface area (Å²) in [5.41, 5.74) is -3.69. The van der Waals surface area contributed by atoms with Crippen LogP contribution < -0.4 is 5.32 Å². The Morgan fingerprint density at radius 3 is 1.83 bits per heavy atom. The Labute approximate surface area is 134 Å². The molecular formula is C15H16F6N2O. The number of hydrogen-bond acceptors (Lipinski definition) is 2. The number of halogens is 6. The van der Waals surface area contributed by atoms with Crippen LogP contribution in [-0.2, 0) is 23.6 Å². The third-order valence-corrected chi connectivity index (χ3v) is 4.08. The van der Waals surface area contributed by atoms with Crippen LogP contribution in [-0.4, -0.2) is 29.6 Å². The molecule has 9 heteroatoms.